The predicted molar refractivity (Wildman–Crippen MR) is 105 cm³/mol. The summed E-state index contributed by atoms with van der Waals surface area (Å²) in [6, 6.07) is 10.0. The first-order chi connectivity index (χ1) is 14.6. The number of pyridine rings is 1. The van der Waals surface area contributed by atoms with E-state index in [9.17, 15) is 30.8 Å². The highest BCUT2D eigenvalue weighted by atomic mass is 32.2. The number of benzene rings is 2. The summed E-state index contributed by atoms with van der Waals surface area (Å²) in [5, 5.41) is 0. The van der Waals surface area contributed by atoms with Gasteiger partial charge >= 0.3 is 6.18 Å². The van der Waals surface area contributed by atoms with Gasteiger partial charge in [0, 0.05) is 25.2 Å². The Morgan fingerprint density at radius 1 is 0.935 bits per heavy atom. The standard InChI is InChI=1S/C22H17F4NO3S/c23-18-11-17(22(24,25)26)12-21(13-18)31(29,30)20-7-4-15(5-8-20)10-19(28)6-3-16-2-1-9-27-14-16/h1-2,4-5,7-9,11-14H,3,6,10H2. The molecule has 2 aromatic carbocycles. The molecule has 0 N–H and O–H groups in total. The number of halogens is 4. The summed E-state index contributed by atoms with van der Waals surface area (Å²) in [7, 11) is -4.37. The number of carbonyl (C=O) groups excluding carboxylic acids is 1. The second-order valence-electron chi connectivity index (χ2n) is 6.90. The van der Waals surface area contributed by atoms with Crippen molar-refractivity contribution in [2.75, 3.05) is 0 Å². The Kier molecular flexibility index (Phi) is 6.54. The second-order valence-corrected chi connectivity index (χ2v) is 8.85. The average molecular weight is 451 g/mol. The van der Waals surface area contributed by atoms with Crippen LogP contribution in [-0.4, -0.2) is 19.2 Å². The smallest absolute Gasteiger partial charge is 0.299 e. The molecular weight excluding hydrogens is 434 g/mol. The molecule has 31 heavy (non-hydrogen) atoms. The van der Waals surface area contributed by atoms with Crippen molar-refractivity contribution in [1.29, 1.82) is 0 Å². The van der Waals surface area contributed by atoms with Crippen LogP contribution in [0, 0.1) is 5.82 Å². The normalized spacial score (nSPS) is 12.0. The molecule has 0 unspecified atom stereocenters. The summed E-state index contributed by atoms with van der Waals surface area (Å²) in [5.74, 6) is -1.36. The lowest BCUT2D eigenvalue weighted by atomic mass is 10.0. The minimum Gasteiger partial charge on any atom is -0.299 e. The van der Waals surface area contributed by atoms with E-state index in [2.05, 4.69) is 4.98 Å². The highest BCUT2D eigenvalue weighted by Crippen LogP contribution is 2.33. The van der Waals surface area contributed by atoms with Gasteiger partial charge in [-0.3, -0.25) is 9.78 Å². The first-order valence-corrected chi connectivity index (χ1v) is 10.7. The van der Waals surface area contributed by atoms with Crippen LogP contribution < -0.4 is 0 Å². The van der Waals surface area contributed by atoms with E-state index in [0.29, 0.717) is 24.1 Å². The second kappa shape index (κ2) is 8.97. The number of aromatic nitrogens is 1. The molecule has 0 aliphatic rings. The highest BCUT2D eigenvalue weighted by molar-refractivity contribution is 7.91. The first kappa shape index (κ1) is 22.6. The van der Waals surface area contributed by atoms with Gasteiger partial charge in [0.25, 0.3) is 0 Å². The van der Waals surface area contributed by atoms with Crippen LogP contribution in [0.4, 0.5) is 17.6 Å². The Morgan fingerprint density at radius 3 is 2.26 bits per heavy atom. The van der Waals surface area contributed by atoms with Crippen molar-refractivity contribution in [2.24, 2.45) is 0 Å². The van der Waals surface area contributed by atoms with Crippen LogP contribution in [0.1, 0.15) is 23.1 Å². The van der Waals surface area contributed by atoms with Gasteiger partial charge in [-0.05, 0) is 53.9 Å². The Morgan fingerprint density at radius 2 is 1.65 bits per heavy atom. The minimum absolute atomic E-state index is 0.0561. The lowest BCUT2D eigenvalue weighted by Crippen LogP contribution is -2.09. The summed E-state index contributed by atoms with van der Waals surface area (Å²) in [6.45, 7) is 0. The van der Waals surface area contributed by atoms with Crippen LogP contribution in [0.25, 0.3) is 0 Å². The number of Topliss-reactive ketones (excluding diaryl/α,β-unsaturated/α-hetero) is 1. The van der Waals surface area contributed by atoms with Crippen molar-refractivity contribution in [3.8, 4) is 0 Å². The van der Waals surface area contributed by atoms with E-state index >= 15 is 0 Å². The minimum atomic E-state index is -4.88. The van der Waals surface area contributed by atoms with Gasteiger partial charge in [-0.25, -0.2) is 12.8 Å². The molecular formula is C22H17F4NO3S. The molecule has 4 nitrogen and oxygen atoms in total. The third-order valence-corrected chi connectivity index (χ3v) is 6.31. The number of sulfone groups is 1. The van der Waals surface area contributed by atoms with E-state index in [1.54, 1.807) is 18.5 Å². The molecule has 0 atom stereocenters. The molecule has 0 aliphatic carbocycles. The van der Waals surface area contributed by atoms with Gasteiger partial charge in [0.05, 0.1) is 15.4 Å². The SMILES string of the molecule is O=C(CCc1cccnc1)Cc1ccc(S(=O)(=O)c2cc(F)cc(C(F)(F)F)c2)cc1. The van der Waals surface area contributed by atoms with Gasteiger partial charge in [-0.15, -0.1) is 0 Å². The molecule has 0 aliphatic heterocycles. The molecule has 0 saturated carbocycles. The maximum absolute atomic E-state index is 13.6. The molecule has 0 bridgehead atoms. The predicted octanol–water partition coefficient (Wildman–Crippen LogP) is 4.82. The lowest BCUT2D eigenvalue weighted by molar-refractivity contribution is -0.138. The number of hydrogen-bond donors (Lipinski definition) is 0. The fraction of sp³-hybridized carbons (Fsp3) is 0.182. The summed E-state index contributed by atoms with van der Waals surface area (Å²) in [5.41, 5.74) is 0.0953. The summed E-state index contributed by atoms with van der Waals surface area (Å²) in [6.07, 6.45) is -0.682. The van der Waals surface area contributed by atoms with E-state index in [1.807, 2.05) is 6.07 Å². The largest absolute Gasteiger partial charge is 0.416 e. The molecule has 0 amide bonds. The van der Waals surface area contributed by atoms with E-state index in [4.69, 9.17) is 0 Å². The van der Waals surface area contributed by atoms with E-state index < -0.39 is 32.3 Å². The average Bonchev–Trinajstić information content (AvgIpc) is 2.72. The molecule has 0 fully saturated rings. The van der Waals surface area contributed by atoms with E-state index in [-0.39, 0.29) is 29.6 Å². The number of hydrogen-bond acceptors (Lipinski definition) is 4. The molecule has 0 saturated heterocycles. The topological polar surface area (TPSA) is 64.1 Å². The van der Waals surface area contributed by atoms with E-state index in [1.165, 1.54) is 24.3 Å². The van der Waals surface area contributed by atoms with Crippen LogP contribution >= 0.6 is 0 Å². The fourth-order valence-electron chi connectivity index (χ4n) is 2.95. The van der Waals surface area contributed by atoms with Crippen molar-refractivity contribution < 1.29 is 30.8 Å². The molecule has 0 radical (unpaired) electrons. The number of aryl methyl sites for hydroxylation is 1. The van der Waals surface area contributed by atoms with Crippen LogP contribution in [0.15, 0.2) is 76.8 Å². The molecule has 0 spiro atoms. The Hall–Kier alpha value is -3.07. The van der Waals surface area contributed by atoms with Gasteiger partial charge in [0.1, 0.15) is 11.6 Å². The van der Waals surface area contributed by atoms with E-state index in [0.717, 1.165) is 5.56 Å². The Balaban J connectivity index is 1.73. The molecule has 1 heterocycles. The van der Waals surface area contributed by atoms with Gasteiger partial charge in [-0.2, -0.15) is 13.2 Å². The molecule has 162 valence electrons. The summed E-state index contributed by atoms with van der Waals surface area (Å²) < 4.78 is 77.6. The maximum Gasteiger partial charge on any atom is 0.416 e. The summed E-state index contributed by atoms with van der Waals surface area (Å²) in [4.78, 5) is 15.1. The number of ketones is 1. The van der Waals surface area contributed by atoms with Gasteiger partial charge in [0.2, 0.25) is 9.84 Å². The monoisotopic (exact) mass is 451 g/mol. The Labute approximate surface area is 176 Å². The van der Waals surface area contributed by atoms with Crippen LogP contribution in [-0.2, 0) is 33.6 Å². The Bertz CT molecular complexity index is 1180. The van der Waals surface area contributed by atoms with Crippen LogP contribution in [0.3, 0.4) is 0 Å². The van der Waals surface area contributed by atoms with Crippen molar-refractivity contribution in [3.63, 3.8) is 0 Å². The van der Waals surface area contributed by atoms with Crippen LogP contribution in [0.2, 0.25) is 0 Å². The fourth-order valence-corrected chi connectivity index (χ4v) is 4.27. The molecule has 3 aromatic rings. The zero-order valence-corrected chi connectivity index (χ0v) is 16.9. The van der Waals surface area contributed by atoms with Crippen molar-refractivity contribution >= 4 is 15.6 Å². The van der Waals surface area contributed by atoms with Crippen molar-refractivity contribution in [2.45, 2.75) is 35.2 Å². The number of carbonyl (C=O) groups is 1. The highest BCUT2D eigenvalue weighted by Gasteiger charge is 2.33. The zero-order chi connectivity index (χ0) is 22.6. The number of rotatable bonds is 7. The first-order valence-electron chi connectivity index (χ1n) is 9.18. The molecule has 1 aromatic heterocycles. The third-order valence-electron chi connectivity index (χ3n) is 4.56. The third kappa shape index (κ3) is 5.75. The maximum atomic E-state index is 13.6. The number of alkyl halides is 3. The van der Waals surface area contributed by atoms with Crippen LogP contribution in [0.5, 0.6) is 0 Å². The summed E-state index contributed by atoms with van der Waals surface area (Å²) >= 11 is 0. The van der Waals surface area contributed by atoms with Gasteiger partial charge < -0.3 is 0 Å². The van der Waals surface area contributed by atoms with Crippen molar-refractivity contribution in [1.82, 2.24) is 4.98 Å². The lowest BCUT2D eigenvalue weighted by Gasteiger charge is -2.11. The zero-order valence-electron chi connectivity index (χ0n) is 16.1. The molecule has 3 rings (SSSR count). The molecule has 9 heteroatoms. The van der Waals surface area contributed by atoms with Crippen molar-refractivity contribution in [3.05, 3.63) is 89.5 Å². The van der Waals surface area contributed by atoms with Gasteiger partial charge in [0.15, 0.2) is 0 Å². The van der Waals surface area contributed by atoms with Gasteiger partial charge in [-0.1, -0.05) is 18.2 Å². The quantitative estimate of drug-likeness (QED) is 0.484. The number of nitrogens with zero attached hydrogens (tertiary/aromatic N) is 1.